The molecular weight excluding hydrogens is 505 g/mol. The van der Waals surface area contributed by atoms with Gasteiger partial charge in [-0.05, 0) is 29.6 Å². The normalized spacial score (nSPS) is 27.2. The third-order valence-corrected chi connectivity index (χ3v) is 5.05. The van der Waals surface area contributed by atoms with E-state index in [1.165, 1.54) is 18.2 Å². The van der Waals surface area contributed by atoms with Gasteiger partial charge < -0.3 is 0 Å². The molecule has 1 aliphatic rings. The van der Waals surface area contributed by atoms with Gasteiger partial charge in [-0.1, -0.05) is 39.6 Å². The Morgan fingerprint density at radius 2 is 1.17 bits per heavy atom. The van der Waals surface area contributed by atoms with Gasteiger partial charge in [0.1, 0.15) is 0 Å². The third-order valence-electron chi connectivity index (χ3n) is 4.82. The first kappa shape index (κ1) is 27.8. The Morgan fingerprint density at radius 1 is 0.870 bits per heavy atom. The van der Waals surface area contributed by atoms with E-state index in [9.17, 15) is 0 Å². The molecule has 1 aromatic carbocycles. The van der Waals surface area contributed by atoms with Crippen molar-refractivity contribution in [2.45, 2.75) is 34.6 Å². The minimum absolute atomic E-state index is 0.738. The van der Waals surface area contributed by atoms with Crippen LogP contribution in [-0.2, 0) is 27.5 Å². The van der Waals surface area contributed by atoms with E-state index in [4.69, 9.17) is 30.4 Å². The van der Waals surface area contributed by atoms with Crippen molar-refractivity contribution in [2.24, 2.45) is 29.6 Å². The van der Waals surface area contributed by atoms with Gasteiger partial charge in [0, 0.05) is 0 Å². The molecule has 0 atom stereocenters. The van der Waals surface area contributed by atoms with E-state index in [2.05, 4.69) is 54.0 Å². The predicted octanol–water partition coefficient (Wildman–Crippen LogP) is 5.93. The van der Waals surface area contributed by atoms with E-state index >= 15 is 0 Å². The molecule has 0 unspecified atom stereocenters. The minimum atomic E-state index is 0.738. The van der Waals surface area contributed by atoms with Gasteiger partial charge in [0.05, 0.1) is 0 Å². The fraction of sp³-hybridized carbons (Fsp3) is 0.556. The first-order valence-electron chi connectivity index (χ1n) is 7.11. The fourth-order valence-corrected chi connectivity index (χ4v) is 2.90. The van der Waals surface area contributed by atoms with Crippen molar-refractivity contribution in [3.8, 4) is 0 Å². The number of halogens is 2. The van der Waals surface area contributed by atoms with Crippen LogP contribution in [0, 0.1) is 49.0 Å². The molecule has 0 radical (unpaired) electrons. The summed E-state index contributed by atoms with van der Waals surface area (Å²) in [5.41, 5.74) is 0. The van der Waals surface area contributed by atoms with Gasteiger partial charge in [-0.25, -0.2) is 0 Å². The third kappa shape index (κ3) is 11.2. The van der Waals surface area contributed by atoms with E-state index in [-0.39, 0.29) is 0 Å². The van der Waals surface area contributed by atoms with Crippen LogP contribution in [0.3, 0.4) is 0 Å². The molecule has 5 heteroatoms. The molecule has 2 rings (SSSR count). The van der Waals surface area contributed by atoms with Gasteiger partial charge in [0.2, 0.25) is 0 Å². The molecule has 0 N–H and O–H groups in total. The Balaban J connectivity index is -0.000000270. The second-order valence-electron chi connectivity index (χ2n) is 5.52. The molecule has 1 aliphatic carbocycles. The number of benzene rings is 1. The van der Waals surface area contributed by atoms with E-state index < -0.39 is 0 Å². The summed E-state index contributed by atoms with van der Waals surface area (Å²) in [5.74, 6) is 4.68. The van der Waals surface area contributed by atoms with Crippen molar-refractivity contribution in [3.63, 3.8) is 0 Å². The summed E-state index contributed by atoms with van der Waals surface area (Å²) < 4.78 is 15.0. The Kier molecular flexibility index (Phi) is 22.1. The van der Waals surface area contributed by atoms with E-state index in [0.717, 1.165) is 34.6 Å². The topological polar surface area (TPSA) is 39.8 Å². The Hall–Kier alpha value is -0.0577. The molecule has 130 valence electrons. The van der Waals surface area contributed by atoms with Crippen LogP contribution in [0.1, 0.15) is 34.6 Å². The van der Waals surface area contributed by atoms with E-state index in [1.54, 1.807) is 6.07 Å². The van der Waals surface area contributed by atoms with Crippen LogP contribution < -0.4 is 0 Å². The van der Waals surface area contributed by atoms with Crippen LogP contribution in [0.5, 0.6) is 0 Å². The molecule has 1 aromatic rings. The summed E-state index contributed by atoms with van der Waals surface area (Å²) in [4.78, 5) is 0. The molecule has 0 aromatic heterocycles. The molecule has 23 heavy (non-hydrogen) atoms. The van der Waals surface area contributed by atoms with Crippen LogP contribution in [0.15, 0.2) is 24.3 Å². The zero-order chi connectivity index (χ0) is 19.0. The molecule has 0 bridgehead atoms. The Labute approximate surface area is 161 Å². The van der Waals surface area contributed by atoms with E-state index in [1.807, 2.05) is 18.2 Å². The van der Waals surface area contributed by atoms with Gasteiger partial charge in [0.15, 0.2) is 0 Å². The molecule has 0 heterocycles. The maximum atomic E-state index is 7.50. The van der Waals surface area contributed by atoms with E-state index in [0.29, 0.717) is 0 Å². The molecule has 1 saturated carbocycles. The quantitative estimate of drug-likeness (QED) is 0.295. The summed E-state index contributed by atoms with van der Waals surface area (Å²) in [6.45, 7) is 21.0. The zero-order valence-corrected chi connectivity index (χ0v) is 18.4. The summed E-state index contributed by atoms with van der Waals surface area (Å²) in [5, 5.41) is 0.738. The molecule has 1 fully saturated rings. The van der Waals surface area contributed by atoms with Crippen molar-refractivity contribution < 1.29 is 27.5 Å². The number of rotatable bonds is 0. The molecule has 0 aliphatic heterocycles. The molecule has 2 nitrogen and oxygen atoms in total. The van der Waals surface area contributed by atoms with Gasteiger partial charge in [0.25, 0.3) is 0 Å². The first-order chi connectivity index (χ1) is 10.9. The van der Waals surface area contributed by atoms with Crippen LogP contribution >= 0.6 is 21.1 Å². The van der Waals surface area contributed by atoms with Gasteiger partial charge in [-0.2, -0.15) is 41.9 Å². The monoisotopic (exact) mass is 529 g/mol. The Morgan fingerprint density at radius 3 is 1.30 bits per heavy atom. The predicted molar refractivity (Wildman–Crippen MR) is 89.8 cm³/mol. The van der Waals surface area contributed by atoms with Crippen molar-refractivity contribution in [2.75, 3.05) is 0 Å². The number of hydrogen-bond donors (Lipinski definition) is 0. The van der Waals surface area contributed by atoms with Gasteiger partial charge in [-0.15, -0.1) is 0 Å². The summed E-state index contributed by atoms with van der Waals surface area (Å²) in [6, 6.07) is 10.0. The second kappa shape index (κ2) is 18.3. The standard InChI is InChI=1S/C10H20.C6H4Cl.2CO.ClH.Re/c1-6-7(2)9(4)10(5)8(6)3;7-6-4-2-1-3-5-6;2*1-2;;/h6-10H,1-5H3;1-2,4-5H;;;1H;/q;-1;;;;+1/p-1. The van der Waals surface area contributed by atoms with Gasteiger partial charge in [-0.3, -0.25) is 0 Å². The van der Waals surface area contributed by atoms with Crippen LogP contribution in [0.25, 0.3) is 0 Å². The first-order valence-corrected chi connectivity index (χ1v) is 10.9. The molecule has 0 amide bonds. The molecule has 0 saturated heterocycles. The van der Waals surface area contributed by atoms with Crippen molar-refractivity contribution >= 4 is 21.1 Å². The maximum absolute atomic E-state index is 7.50. The number of hydrogen-bond acceptors (Lipinski definition) is 0. The average molecular weight is 530 g/mol. The SMILES string of the molecule is CC1C(C)C(C)C(C)C1C.Clc1c[c-]ccc1.[C-]#[O+].[C-]#[O+].[Cl][Re]. The van der Waals surface area contributed by atoms with Crippen LogP contribution in [0.2, 0.25) is 5.02 Å². The molecular formula is C18H24Cl2O2Re-. The summed E-state index contributed by atoms with van der Waals surface area (Å²) >= 11 is 6.70. The second-order valence-corrected chi connectivity index (χ2v) is 5.95. The van der Waals surface area contributed by atoms with Crippen molar-refractivity contribution in [3.05, 3.63) is 48.7 Å². The average Bonchev–Trinajstić information content (AvgIpc) is 2.79. The van der Waals surface area contributed by atoms with Crippen LogP contribution in [0.4, 0.5) is 0 Å². The van der Waals surface area contributed by atoms with Crippen molar-refractivity contribution in [1.82, 2.24) is 0 Å². The zero-order valence-electron chi connectivity index (χ0n) is 14.1. The summed E-state index contributed by atoms with van der Waals surface area (Å²) in [7, 11) is 4.69. The fourth-order valence-electron chi connectivity index (χ4n) is 2.77. The Bertz CT molecular complexity index is 358. The van der Waals surface area contributed by atoms with Crippen molar-refractivity contribution in [1.29, 1.82) is 0 Å². The van der Waals surface area contributed by atoms with Crippen LogP contribution in [-0.4, -0.2) is 0 Å². The molecule has 0 spiro atoms. The summed E-state index contributed by atoms with van der Waals surface area (Å²) in [6.07, 6.45) is 0. The van der Waals surface area contributed by atoms with Gasteiger partial charge >= 0.3 is 50.3 Å².